The minimum absolute atomic E-state index is 0.225. The van der Waals surface area contributed by atoms with Crippen molar-refractivity contribution in [1.82, 2.24) is 20.1 Å². The lowest BCUT2D eigenvalue weighted by Crippen LogP contribution is -2.31. The van der Waals surface area contributed by atoms with E-state index in [-0.39, 0.29) is 6.04 Å². The molecule has 0 spiro atoms. The third kappa shape index (κ3) is 3.60. The molecular formula is C16H16FN5OS. The normalized spacial score (nSPS) is 12.0. The van der Waals surface area contributed by atoms with Gasteiger partial charge in [0.15, 0.2) is 5.82 Å². The van der Waals surface area contributed by atoms with E-state index in [2.05, 4.69) is 20.7 Å². The molecule has 2 aromatic heterocycles. The van der Waals surface area contributed by atoms with E-state index in [0.29, 0.717) is 11.4 Å². The van der Waals surface area contributed by atoms with Gasteiger partial charge in [-0.1, -0.05) is 0 Å². The summed E-state index contributed by atoms with van der Waals surface area (Å²) in [6.07, 6.45) is 3.22. The van der Waals surface area contributed by atoms with Crippen molar-refractivity contribution in [2.75, 3.05) is 5.32 Å². The number of thiazole rings is 1. The molecule has 1 atom stereocenters. The average molecular weight is 345 g/mol. The second-order valence-electron chi connectivity index (χ2n) is 5.26. The molecule has 0 radical (unpaired) electrons. The van der Waals surface area contributed by atoms with Crippen molar-refractivity contribution < 1.29 is 9.18 Å². The van der Waals surface area contributed by atoms with Crippen molar-refractivity contribution in [3.05, 3.63) is 58.6 Å². The summed E-state index contributed by atoms with van der Waals surface area (Å²) in [5.41, 5.74) is 1.60. The zero-order valence-electron chi connectivity index (χ0n) is 13.2. The number of nitrogens with one attached hydrogen (secondary N) is 2. The van der Waals surface area contributed by atoms with E-state index in [1.807, 2.05) is 19.2 Å². The number of urea groups is 1. The van der Waals surface area contributed by atoms with Crippen molar-refractivity contribution >= 4 is 23.1 Å². The minimum atomic E-state index is -0.472. The number of aromatic nitrogens is 3. The van der Waals surface area contributed by atoms with E-state index in [1.165, 1.54) is 22.1 Å². The van der Waals surface area contributed by atoms with Crippen LogP contribution in [0.3, 0.4) is 0 Å². The van der Waals surface area contributed by atoms with Gasteiger partial charge in [0.1, 0.15) is 10.7 Å². The lowest BCUT2D eigenvalue weighted by Gasteiger charge is -2.13. The second-order valence-corrected chi connectivity index (χ2v) is 6.15. The van der Waals surface area contributed by atoms with Crippen molar-refractivity contribution in [3.8, 4) is 5.69 Å². The number of aryl methyl sites for hydroxylation is 1. The Balaban J connectivity index is 1.65. The van der Waals surface area contributed by atoms with Crippen LogP contribution in [0.1, 0.15) is 23.7 Å². The Kier molecular flexibility index (Phi) is 4.57. The van der Waals surface area contributed by atoms with E-state index in [4.69, 9.17) is 0 Å². The molecule has 3 aromatic rings. The van der Waals surface area contributed by atoms with Gasteiger partial charge in [-0.05, 0) is 38.1 Å². The Morgan fingerprint density at radius 1 is 1.42 bits per heavy atom. The number of carbonyl (C=O) groups is 1. The van der Waals surface area contributed by atoms with Crippen LogP contribution < -0.4 is 10.6 Å². The first-order chi connectivity index (χ1) is 11.5. The van der Waals surface area contributed by atoms with E-state index in [1.54, 1.807) is 30.6 Å². The summed E-state index contributed by atoms with van der Waals surface area (Å²) in [7, 11) is 0. The summed E-state index contributed by atoms with van der Waals surface area (Å²) in [5.74, 6) is -0.472. The monoisotopic (exact) mass is 345 g/mol. The Morgan fingerprint density at radius 2 is 2.25 bits per heavy atom. The number of hydrogen-bond acceptors (Lipinski definition) is 4. The van der Waals surface area contributed by atoms with Gasteiger partial charge in [-0.3, -0.25) is 0 Å². The molecule has 0 fully saturated rings. The van der Waals surface area contributed by atoms with Gasteiger partial charge in [0.25, 0.3) is 0 Å². The van der Waals surface area contributed by atoms with E-state index in [9.17, 15) is 9.18 Å². The number of rotatable bonds is 4. The molecule has 6 nitrogen and oxygen atoms in total. The lowest BCUT2D eigenvalue weighted by atomic mass is 10.2. The second kappa shape index (κ2) is 6.79. The highest BCUT2D eigenvalue weighted by Gasteiger charge is 2.13. The highest BCUT2D eigenvalue weighted by Crippen LogP contribution is 2.19. The van der Waals surface area contributed by atoms with Crippen molar-refractivity contribution in [3.63, 3.8) is 0 Å². The molecule has 1 aromatic carbocycles. The van der Waals surface area contributed by atoms with Crippen molar-refractivity contribution in [2.45, 2.75) is 19.9 Å². The first kappa shape index (κ1) is 16.1. The van der Waals surface area contributed by atoms with E-state index in [0.717, 1.165) is 10.7 Å². The quantitative estimate of drug-likeness (QED) is 0.758. The molecule has 24 heavy (non-hydrogen) atoms. The third-order valence-corrected chi connectivity index (χ3v) is 4.46. The fourth-order valence-corrected chi connectivity index (χ4v) is 2.98. The summed E-state index contributed by atoms with van der Waals surface area (Å²) in [4.78, 5) is 16.4. The van der Waals surface area contributed by atoms with Gasteiger partial charge >= 0.3 is 6.03 Å². The van der Waals surface area contributed by atoms with Crippen LogP contribution in [0.25, 0.3) is 5.69 Å². The summed E-state index contributed by atoms with van der Waals surface area (Å²) in [6, 6.07) is 5.51. The molecule has 8 heteroatoms. The maximum absolute atomic E-state index is 14.2. The van der Waals surface area contributed by atoms with Crippen LogP contribution in [0, 0.1) is 12.7 Å². The third-order valence-electron chi connectivity index (χ3n) is 3.31. The van der Waals surface area contributed by atoms with E-state index >= 15 is 0 Å². The number of carbonyl (C=O) groups excluding carboxylic acids is 1. The maximum Gasteiger partial charge on any atom is 0.319 e. The molecule has 0 saturated carbocycles. The maximum atomic E-state index is 14.2. The molecule has 0 aliphatic heterocycles. The standard InChI is InChI=1S/C16H16FN5OS/c1-10-9-24-15(19-10)11(2)20-16(23)21-12-4-5-14(13(17)8-12)22-7-3-6-18-22/h3-9,11H,1-2H3,(H2,20,21,23)/t11-/m0/s1. The Labute approximate surface area is 142 Å². The molecule has 0 saturated heterocycles. The van der Waals surface area contributed by atoms with Gasteiger partial charge in [0.05, 0.1) is 6.04 Å². The van der Waals surface area contributed by atoms with Gasteiger partial charge in [-0.25, -0.2) is 18.9 Å². The first-order valence-corrected chi connectivity index (χ1v) is 8.20. The highest BCUT2D eigenvalue weighted by molar-refractivity contribution is 7.09. The fourth-order valence-electron chi connectivity index (χ4n) is 2.18. The zero-order valence-corrected chi connectivity index (χ0v) is 14.0. The predicted octanol–water partition coefficient (Wildman–Crippen LogP) is 3.66. The molecule has 0 aliphatic rings. The molecule has 0 bridgehead atoms. The van der Waals surface area contributed by atoms with Gasteiger partial charge in [-0.15, -0.1) is 11.3 Å². The van der Waals surface area contributed by atoms with Crippen LogP contribution >= 0.6 is 11.3 Å². The van der Waals surface area contributed by atoms with Crippen LogP contribution in [0.2, 0.25) is 0 Å². The summed E-state index contributed by atoms with van der Waals surface area (Å²) in [5, 5.41) is 12.1. The van der Waals surface area contributed by atoms with Crippen molar-refractivity contribution in [2.24, 2.45) is 0 Å². The number of anilines is 1. The van der Waals surface area contributed by atoms with Gasteiger partial charge in [-0.2, -0.15) is 5.10 Å². The Bertz CT molecular complexity index is 846. The SMILES string of the molecule is Cc1csc([C@H](C)NC(=O)Nc2ccc(-n3cccn3)c(F)c2)n1. The fraction of sp³-hybridized carbons (Fsp3) is 0.188. The Hall–Kier alpha value is -2.74. The molecule has 0 unspecified atom stereocenters. The molecule has 0 aliphatic carbocycles. The molecular weight excluding hydrogens is 329 g/mol. The van der Waals surface area contributed by atoms with Gasteiger partial charge < -0.3 is 10.6 Å². The van der Waals surface area contributed by atoms with Crippen molar-refractivity contribution in [1.29, 1.82) is 0 Å². The predicted molar refractivity (Wildman–Crippen MR) is 90.9 cm³/mol. The molecule has 124 valence electrons. The topological polar surface area (TPSA) is 71.8 Å². The number of halogens is 1. The van der Waals surface area contributed by atoms with Crippen LogP contribution in [0.5, 0.6) is 0 Å². The van der Waals surface area contributed by atoms with Crippen LogP contribution in [0.15, 0.2) is 42.0 Å². The smallest absolute Gasteiger partial charge is 0.319 e. The van der Waals surface area contributed by atoms with Crippen LogP contribution in [-0.4, -0.2) is 20.8 Å². The summed E-state index contributed by atoms with van der Waals surface area (Å²) < 4.78 is 15.6. The largest absolute Gasteiger partial charge is 0.329 e. The molecule has 3 rings (SSSR count). The summed E-state index contributed by atoms with van der Waals surface area (Å²) >= 11 is 1.49. The van der Waals surface area contributed by atoms with Crippen LogP contribution in [0.4, 0.5) is 14.9 Å². The minimum Gasteiger partial charge on any atom is -0.329 e. The zero-order chi connectivity index (χ0) is 17.1. The number of hydrogen-bond donors (Lipinski definition) is 2. The number of nitrogens with zero attached hydrogens (tertiary/aromatic N) is 3. The molecule has 2 amide bonds. The lowest BCUT2D eigenvalue weighted by molar-refractivity contribution is 0.249. The molecule has 2 heterocycles. The molecule has 2 N–H and O–H groups in total. The number of amides is 2. The Morgan fingerprint density at radius 3 is 2.88 bits per heavy atom. The van der Waals surface area contributed by atoms with E-state index < -0.39 is 11.8 Å². The first-order valence-electron chi connectivity index (χ1n) is 7.32. The average Bonchev–Trinajstić information content (AvgIpc) is 3.18. The number of benzene rings is 1. The summed E-state index contributed by atoms with van der Waals surface area (Å²) in [6.45, 7) is 3.75. The highest BCUT2D eigenvalue weighted by atomic mass is 32.1. The van der Waals surface area contributed by atoms with Crippen LogP contribution in [-0.2, 0) is 0 Å². The van der Waals surface area contributed by atoms with Gasteiger partial charge in [0.2, 0.25) is 0 Å². The van der Waals surface area contributed by atoms with Gasteiger partial charge in [0, 0.05) is 29.2 Å².